The fourth-order valence-electron chi connectivity index (χ4n) is 4.46. The first-order chi connectivity index (χ1) is 10.0. The molecule has 6 atom stereocenters. The Balaban J connectivity index is 1.80. The SMILES string of the molecule is C/C=C(\CC)NC(C)CC1CCC(C2C=C(C)CC2P)C1. The highest BCUT2D eigenvalue weighted by Gasteiger charge is 2.35. The third-order valence-electron chi connectivity index (χ3n) is 5.50. The normalized spacial score (nSPS) is 34.9. The molecule has 6 unspecified atom stereocenters. The van der Waals surface area contributed by atoms with Crippen LogP contribution in [0.2, 0.25) is 0 Å². The minimum Gasteiger partial charge on any atom is -0.386 e. The molecule has 0 aliphatic heterocycles. The quantitative estimate of drug-likeness (QED) is 0.519. The maximum Gasteiger partial charge on any atom is 0.0232 e. The van der Waals surface area contributed by atoms with E-state index >= 15 is 0 Å². The summed E-state index contributed by atoms with van der Waals surface area (Å²) in [6.07, 6.45) is 12.9. The molecule has 0 aromatic carbocycles. The fourth-order valence-corrected chi connectivity index (χ4v) is 5.25. The molecule has 120 valence electrons. The minimum atomic E-state index is 0.618. The summed E-state index contributed by atoms with van der Waals surface area (Å²) >= 11 is 0. The maximum atomic E-state index is 3.69. The van der Waals surface area contributed by atoms with E-state index < -0.39 is 0 Å². The van der Waals surface area contributed by atoms with Gasteiger partial charge in [-0.2, -0.15) is 0 Å². The van der Waals surface area contributed by atoms with Gasteiger partial charge in [-0.1, -0.05) is 31.1 Å². The molecule has 0 aromatic rings. The molecule has 2 heteroatoms. The van der Waals surface area contributed by atoms with Gasteiger partial charge < -0.3 is 5.32 Å². The van der Waals surface area contributed by atoms with Crippen molar-refractivity contribution in [2.45, 2.75) is 77.9 Å². The standard InChI is InChI=1S/C19H34NP/c1-5-17(6-2)20-14(4)11-15-7-8-16(12-15)18-9-13(3)10-19(18)21/h5,9,14-16,18-20H,6-8,10-12,21H2,1-4H3/b17-5+. The van der Waals surface area contributed by atoms with Crippen molar-refractivity contribution in [2.75, 3.05) is 0 Å². The summed E-state index contributed by atoms with van der Waals surface area (Å²) in [5.41, 5.74) is 3.81. The smallest absolute Gasteiger partial charge is 0.0232 e. The van der Waals surface area contributed by atoms with Crippen molar-refractivity contribution in [3.05, 3.63) is 23.4 Å². The highest BCUT2D eigenvalue weighted by Crippen LogP contribution is 2.45. The summed E-state index contributed by atoms with van der Waals surface area (Å²) in [6, 6.07) is 0.618. The van der Waals surface area contributed by atoms with E-state index in [9.17, 15) is 0 Å². The van der Waals surface area contributed by atoms with Crippen LogP contribution >= 0.6 is 9.24 Å². The Kier molecular flexibility index (Phi) is 6.35. The Morgan fingerprint density at radius 3 is 2.81 bits per heavy atom. The monoisotopic (exact) mass is 307 g/mol. The van der Waals surface area contributed by atoms with E-state index in [1.54, 1.807) is 5.57 Å². The topological polar surface area (TPSA) is 12.0 Å². The first-order valence-corrected chi connectivity index (χ1v) is 9.54. The Bertz CT molecular complexity index is 398. The van der Waals surface area contributed by atoms with Crippen LogP contribution in [-0.2, 0) is 0 Å². The molecule has 2 aliphatic carbocycles. The highest BCUT2D eigenvalue weighted by atomic mass is 31.0. The van der Waals surface area contributed by atoms with Gasteiger partial charge in [0.25, 0.3) is 0 Å². The minimum absolute atomic E-state index is 0.618. The molecule has 0 bridgehead atoms. The van der Waals surface area contributed by atoms with E-state index in [-0.39, 0.29) is 0 Å². The van der Waals surface area contributed by atoms with Crippen molar-refractivity contribution in [2.24, 2.45) is 17.8 Å². The van der Waals surface area contributed by atoms with Gasteiger partial charge in [-0.25, -0.2) is 0 Å². The van der Waals surface area contributed by atoms with Crippen molar-refractivity contribution in [3.8, 4) is 0 Å². The number of hydrogen-bond donors (Lipinski definition) is 1. The lowest BCUT2D eigenvalue weighted by molar-refractivity contribution is 0.365. The molecule has 21 heavy (non-hydrogen) atoms. The van der Waals surface area contributed by atoms with Crippen molar-refractivity contribution < 1.29 is 0 Å². The van der Waals surface area contributed by atoms with Crippen LogP contribution in [0.15, 0.2) is 23.4 Å². The predicted molar refractivity (Wildman–Crippen MR) is 97.5 cm³/mol. The lowest BCUT2D eigenvalue weighted by Crippen LogP contribution is -2.27. The number of rotatable bonds is 6. The summed E-state index contributed by atoms with van der Waals surface area (Å²) in [7, 11) is 3.10. The van der Waals surface area contributed by atoms with Gasteiger partial charge >= 0.3 is 0 Å². The van der Waals surface area contributed by atoms with E-state index in [0.29, 0.717) is 6.04 Å². The summed E-state index contributed by atoms with van der Waals surface area (Å²) in [5, 5.41) is 3.69. The Labute approximate surface area is 134 Å². The molecule has 1 nitrogen and oxygen atoms in total. The fraction of sp³-hybridized carbons (Fsp3) is 0.789. The number of allylic oxidation sites excluding steroid dienone is 4. The second-order valence-corrected chi connectivity index (χ2v) is 8.20. The van der Waals surface area contributed by atoms with Gasteiger partial charge in [-0.15, -0.1) is 9.24 Å². The van der Waals surface area contributed by atoms with E-state index in [0.717, 1.165) is 29.8 Å². The largest absolute Gasteiger partial charge is 0.386 e. The Morgan fingerprint density at radius 1 is 1.48 bits per heavy atom. The third-order valence-corrected chi connectivity index (χ3v) is 6.18. The molecule has 1 N–H and O–H groups in total. The summed E-state index contributed by atoms with van der Waals surface area (Å²) in [6.45, 7) is 9.02. The van der Waals surface area contributed by atoms with Gasteiger partial charge in [0.2, 0.25) is 0 Å². The Morgan fingerprint density at radius 2 is 2.24 bits per heavy atom. The van der Waals surface area contributed by atoms with Crippen LogP contribution in [0, 0.1) is 17.8 Å². The lowest BCUT2D eigenvalue weighted by atomic mass is 9.88. The molecule has 2 aliphatic rings. The van der Waals surface area contributed by atoms with Crippen molar-refractivity contribution in [1.82, 2.24) is 5.32 Å². The second-order valence-electron chi connectivity index (χ2n) is 7.35. The third kappa shape index (κ3) is 4.59. The van der Waals surface area contributed by atoms with Gasteiger partial charge in [0, 0.05) is 11.7 Å². The molecule has 1 fully saturated rings. The molecule has 0 heterocycles. The van der Waals surface area contributed by atoms with Crippen LogP contribution < -0.4 is 5.32 Å². The van der Waals surface area contributed by atoms with E-state index in [1.807, 2.05) is 0 Å². The summed E-state index contributed by atoms with van der Waals surface area (Å²) in [4.78, 5) is 0. The first kappa shape index (κ1) is 17.1. The van der Waals surface area contributed by atoms with Crippen molar-refractivity contribution in [1.29, 1.82) is 0 Å². The van der Waals surface area contributed by atoms with Crippen molar-refractivity contribution >= 4 is 9.24 Å². The zero-order valence-corrected chi connectivity index (χ0v) is 15.5. The molecule has 0 saturated heterocycles. The molecule has 0 aromatic heterocycles. The molecule has 0 radical (unpaired) electrons. The van der Waals surface area contributed by atoms with Gasteiger partial charge in [0.05, 0.1) is 0 Å². The molecule has 0 amide bonds. The Hall–Kier alpha value is -0.290. The summed E-state index contributed by atoms with van der Waals surface area (Å²) < 4.78 is 0. The van der Waals surface area contributed by atoms with Gasteiger partial charge in [0.15, 0.2) is 0 Å². The highest BCUT2D eigenvalue weighted by molar-refractivity contribution is 7.17. The van der Waals surface area contributed by atoms with Crippen LogP contribution in [0.5, 0.6) is 0 Å². The molecular weight excluding hydrogens is 273 g/mol. The molecule has 1 saturated carbocycles. The maximum absolute atomic E-state index is 3.69. The van der Waals surface area contributed by atoms with Crippen LogP contribution in [0.25, 0.3) is 0 Å². The molecular formula is C19H34NP. The predicted octanol–water partition coefficient (Wildman–Crippen LogP) is 5.29. The lowest BCUT2D eigenvalue weighted by Gasteiger charge is -2.23. The van der Waals surface area contributed by atoms with Gasteiger partial charge in [-0.3, -0.25) is 0 Å². The molecule has 0 spiro atoms. The van der Waals surface area contributed by atoms with Crippen LogP contribution in [0.3, 0.4) is 0 Å². The van der Waals surface area contributed by atoms with E-state index in [4.69, 9.17) is 0 Å². The zero-order chi connectivity index (χ0) is 15.4. The van der Waals surface area contributed by atoms with Gasteiger partial charge in [0.1, 0.15) is 0 Å². The second kappa shape index (κ2) is 7.82. The summed E-state index contributed by atoms with van der Waals surface area (Å²) in [5.74, 6) is 2.71. The number of nitrogens with one attached hydrogen (secondary N) is 1. The van der Waals surface area contributed by atoms with Crippen molar-refractivity contribution in [3.63, 3.8) is 0 Å². The molecule has 2 rings (SSSR count). The van der Waals surface area contributed by atoms with E-state index in [2.05, 4.69) is 54.4 Å². The first-order valence-electron chi connectivity index (χ1n) is 8.88. The van der Waals surface area contributed by atoms with Gasteiger partial charge in [-0.05, 0) is 76.3 Å². The average Bonchev–Trinajstić information content (AvgIpc) is 3.02. The average molecular weight is 307 g/mol. The zero-order valence-electron chi connectivity index (χ0n) is 14.4. The van der Waals surface area contributed by atoms with Crippen LogP contribution in [0.1, 0.15) is 66.2 Å². The van der Waals surface area contributed by atoms with Crippen LogP contribution in [0.4, 0.5) is 0 Å². The van der Waals surface area contributed by atoms with Crippen LogP contribution in [-0.4, -0.2) is 11.7 Å². The van der Waals surface area contributed by atoms with E-state index in [1.165, 1.54) is 37.8 Å². The number of hydrogen-bond acceptors (Lipinski definition) is 1.